The Balaban J connectivity index is 3.21. The summed E-state index contributed by atoms with van der Waals surface area (Å²) in [6.45, 7) is 7.69. The molecule has 0 rings (SSSR count). The highest BCUT2D eigenvalue weighted by molar-refractivity contribution is 6.44. The van der Waals surface area contributed by atoms with Crippen molar-refractivity contribution in [1.29, 1.82) is 0 Å². The van der Waals surface area contributed by atoms with Crippen LogP contribution >= 0.6 is 0 Å². The predicted octanol–water partition coefficient (Wildman–Crippen LogP) is 1.96. The third kappa shape index (κ3) is 4.83. The maximum absolute atomic E-state index is 5.36. The second kappa shape index (κ2) is 7.10. The Bertz CT molecular complexity index is 68.6. The van der Waals surface area contributed by atoms with Crippen molar-refractivity contribution in [2.75, 3.05) is 13.2 Å². The van der Waals surface area contributed by atoms with Crippen LogP contribution in [0.4, 0.5) is 0 Å². The average molecular weight is 144 g/mol. The fraction of sp³-hybridized carbons (Fsp3) is 1.00. The highest BCUT2D eigenvalue weighted by Crippen LogP contribution is 1.96. The molecule has 0 fully saturated rings. The van der Waals surface area contributed by atoms with E-state index in [1.165, 1.54) is 0 Å². The minimum atomic E-state index is 0.0185. The van der Waals surface area contributed by atoms with E-state index in [1.54, 1.807) is 0 Å². The summed E-state index contributed by atoms with van der Waals surface area (Å²) in [6.07, 6.45) is 2.00. The van der Waals surface area contributed by atoms with E-state index in [2.05, 4.69) is 13.8 Å². The summed E-state index contributed by atoms with van der Waals surface area (Å²) in [5.41, 5.74) is 0. The Morgan fingerprint density at radius 2 is 1.80 bits per heavy atom. The molecular formula is C7H17BO2. The van der Waals surface area contributed by atoms with Gasteiger partial charge in [0.25, 0.3) is 0 Å². The highest BCUT2D eigenvalue weighted by atomic mass is 16.6. The van der Waals surface area contributed by atoms with Gasteiger partial charge in [-0.3, -0.25) is 0 Å². The molecule has 0 aromatic rings. The first kappa shape index (κ1) is 9.98. The summed E-state index contributed by atoms with van der Waals surface area (Å²) in [7, 11) is 0.0185. The molecule has 0 N–H and O–H groups in total. The van der Waals surface area contributed by atoms with Crippen LogP contribution in [-0.4, -0.2) is 20.3 Å². The normalized spacial score (nSPS) is 9.90. The lowest BCUT2D eigenvalue weighted by Crippen LogP contribution is -2.21. The first-order chi connectivity index (χ1) is 4.85. The van der Waals surface area contributed by atoms with Crippen molar-refractivity contribution in [1.82, 2.24) is 0 Å². The first-order valence-corrected chi connectivity index (χ1v) is 4.08. The van der Waals surface area contributed by atoms with Crippen molar-refractivity contribution in [3.8, 4) is 0 Å². The van der Waals surface area contributed by atoms with Gasteiger partial charge in [0, 0.05) is 13.2 Å². The van der Waals surface area contributed by atoms with Gasteiger partial charge in [-0.05, 0) is 19.7 Å². The molecule has 0 aliphatic heterocycles. The van der Waals surface area contributed by atoms with Gasteiger partial charge in [-0.1, -0.05) is 13.8 Å². The molecule has 0 radical (unpaired) electrons. The molecular weight excluding hydrogens is 127 g/mol. The summed E-state index contributed by atoms with van der Waals surface area (Å²) in [4.78, 5) is 0. The molecule has 0 bridgehead atoms. The Morgan fingerprint density at radius 3 is 2.20 bits per heavy atom. The molecule has 0 atom stereocenters. The van der Waals surface area contributed by atoms with E-state index >= 15 is 0 Å². The van der Waals surface area contributed by atoms with Crippen LogP contribution in [0, 0.1) is 0 Å². The second-order valence-electron chi connectivity index (χ2n) is 2.16. The lowest BCUT2D eigenvalue weighted by atomic mass is 9.86. The van der Waals surface area contributed by atoms with Gasteiger partial charge < -0.3 is 9.31 Å². The van der Waals surface area contributed by atoms with Crippen molar-refractivity contribution in [3.05, 3.63) is 0 Å². The Morgan fingerprint density at radius 1 is 1.10 bits per heavy atom. The molecule has 10 heavy (non-hydrogen) atoms. The van der Waals surface area contributed by atoms with Gasteiger partial charge in [0.1, 0.15) is 0 Å². The Hall–Kier alpha value is -0.0151. The highest BCUT2D eigenvalue weighted by Gasteiger charge is 2.12. The minimum Gasteiger partial charge on any atom is -0.411 e. The SMILES string of the molecule is CCCOB(CC)OCC. The lowest BCUT2D eigenvalue weighted by molar-refractivity contribution is 0.205. The third-order valence-corrected chi connectivity index (χ3v) is 1.19. The summed E-state index contributed by atoms with van der Waals surface area (Å²) in [5, 5.41) is 0. The number of hydrogen-bond acceptors (Lipinski definition) is 2. The lowest BCUT2D eigenvalue weighted by Gasteiger charge is -2.09. The van der Waals surface area contributed by atoms with E-state index < -0.39 is 0 Å². The van der Waals surface area contributed by atoms with E-state index in [1.807, 2.05) is 6.92 Å². The van der Waals surface area contributed by atoms with E-state index in [4.69, 9.17) is 9.31 Å². The molecule has 0 aliphatic carbocycles. The Labute approximate surface area is 64.0 Å². The van der Waals surface area contributed by atoms with Crippen molar-refractivity contribution < 1.29 is 9.31 Å². The zero-order valence-corrected chi connectivity index (χ0v) is 7.22. The van der Waals surface area contributed by atoms with Crippen LogP contribution in [0.25, 0.3) is 0 Å². The smallest absolute Gasteiger partial charge is 0.411 e. The van der Waals surface area contributed by atoms with Gasteiger partial charge in [-0.15, -0.1) is 0 Å². The minimum absolute atomic E-state index is 0.0185. The molecule has 0 unspecified atom stereocenters. The van der Waals surface area contributed by atoms with Crippen LogP contribution in [0.5, 0.6) is 0 Å². The van der Waals surface area contributed by atoms with Crippen LogP contribution in [0.2, 0.25) is 6.32 Å². The van der Waals surface area contributed by atoms with Crippen LogP contribution in [-0.2, 0) is 9.31 Å². The molecule has 0 spiro atoms. The summed E-state index contributed by atoms with van der Waals surface area (Å²) in [6, 6.07) is 0. The molecule has 0 saturated heterocycles. The molecule has 0 heterocycles. The van der Waals surface area contributed by atoms with E-state index in [0.29, 0.717) is 0 Å². The van der Waals surface area contributed by atoms with Gasteiger partial charge in [0.2, 0.25) is 0 Å². The van der Waals surface area contributed by atoms with Crippen molar-refractivity contribution in [2.45, 2.75) is 33.5 Å². The zero-order chi connectivity index (χ0) is 7.82. The van der Waals surface area contributed by atoms with Crippen molar-refractivity contribution >= 4 is 7.12 Å². The largest absolute Gasteiger partial charge is 0.456 e. The average Bonchev–Trinajstić information content (AvgIpc) is 1.98. The Kier molecular flexibility index (Phi) is 7.09. The van der Waals surface area contributed by atoms with Crippen LogP contribution in [0.3, 0.4) is 0 Å². The van der Waals surface area contributed by atoms with Crippen LogP contribution in [0.15, 0.2) is 0 Å². The van der Waals surface area contributed by atoms with Crippen molar-refractivity contribution in [3.63, 3.8) is 0 Å². The first-order valence-electron chi connectivity index (χ1n) is 4.08. The van der Waals surface area contributed by atoms with E-state index in [9.17, 15) is 0 Å². The van der Waals surface area contributed by atoms with Crippen LogP contribution < -0.4 is 0 Å². The summed E-state index contributed by atoms with van der Waals surface area (Å²) < 4.78 is 10.6. The second-order valence-corrected chi connectivity index (χ2v) is 2.16. The van der Waals surface area contributed by atoms with Gasteiger partial charge in [0.15, 0.2) is 0 Å². The van der Waals surface area contributed by atoms with Crippen molar-refractivity contribution in [2.24, 2.45) is 0 Å². The van der Waals surface area contributed by atoms with Gasteiger partial charge >= 0.3 is 7.12 Å². The quantitative estimate of drug-likeness (QED) is 0.530. The van der Waals surface area contributed by atoms with Gasteiger partial charge in [-0.2, -0.15) is 0 Å². The molecule has 0 aromatic heterocycles. The van der Waals surface area contributed by atoms with E-state index in [0.717, 1.165) is 26.0 Å². The zero-order valence-electron chi connectivity index (χ0n) is 7.22. The summed E-state index contributed by atoms with van der Waals surface area (Å²) >= 11 is 0. The number of rotatable bonds is 6. The molecule has 3 heteroatoms. The topological polar surface area (TPSA) is 18.5 Å². The maximum atomic E-state index is 5.36. The predicted molar refractivity (Wildman–Crippen MR) is 44.1 cm³/mol. The molecule has 60 valence electrons. The molecule has 0 saturated carbocycles. The van der Waals surface area contributed by atoms with Gasteiger partial charge in [0.05, 0.1) is 0 Å². The molecule has 0 aliphatic rings. The standard InChI is InChI=1S/C7H17BO2/c1-4-7-10-8(5-2)9-6-3/h4-7H2,1-3H3. The maximum Gasteiger partial charge on any atom is 0.456 e. The van der Waals surface area contributed by atoms with Gasteiger partial charge in [-0.25, -0.2) is 0 Å². The van der Waals surface area contributed by atoms with E-state index in [-0.39, 0.29) is 7.12 Å². The molecule has 0 aromatic carbocycles. The fourth-order valence-corrected chi connectivity index (χ4v) is 0.719. The fourth-order valence-electron chi connectivity index (χ4n) is 0.719. The summed E-state index contributed by atoms with van der Waals surface area (Å²) in [5.74, 6) is 0. The number of hydrogen-bond donors (Lipinski definition) is 0. The molecule has 2 nitrogen and oxygen atoms in total. The monoisotopic (exact) mass is 144 g/mol. The van der Waals surface area contributed by atoms with Crippen LogP contribution in [0.1, 0.15) is 27.2 Å². The third-order valence-electron chi connectivity index (χ3n) is 1.19. The molecule has 0 amide bonds.